The summed E-state index contributed by atoms with van der Waals surface area (Å²) in [6.07, 6.45) is 0. The number of anilines is 1. The quantitative estimate of drug-likeness (QED) is 0.814. The third-order valence-corrected chi connectivity index (χ3v) is 4.86. The average Bonchev–Trinajstić information content (AvgIpc) is 2.59. The first kappa shape index (κ1) is 17.4. The maximum Gasteiger partial charge on any atom is 0.257 e. The Hall–Kier alpha value is -1.40. The van der Waals surface area contributed by atoms with E-state index in [4.69, 9.17) is 16.3 Å². The summed E-state index contributed by atoms with van der Waals surface area (Å²) in [4.78, 5) is 13.9. The fourth-order valence-corrected chi connectivity index (χ4v) is 3.27. The van der Waals surface area contributed by atoms with Crippen molar-refractivity contribution in [3.63, 3.8) is 0 Å². The van der Waals surface area contributed by atoms with Crippen molar-refractivity contribution in [1.29, 1.82) is 0 Å². The molecule has 4 nitrogen and oxygen atoms in total. The highest BCUT2D eigenvalue weighted by Crippen LogP contribution is 2.22. The molecule has 1 aliphatic heterocycles. The Balaban J connectivity index is 1.63. The largest absolute Gasteiger partial charge is 0.370 e. The van der Waals surface area contributed by atoms with Crippen LogP contribution < -0.4 is 10.2 Å². The lowest BCUT2D eigenvalue weighted by molar-refractivity contribution is -0.921. The number of carbonyl (C=O) groups excluding carboxylic acids is 1. The molecule has 0 spiro atoms. The Kier molecular flexibility index (Phi) is 5.89. The Morgan fingerprint density at radius 3 is 2.58 bits per heavy atom. The van der Waals surface area contributed by atoms with Gasteiger partial charge >= 0.3 is 0 Å². The van der Waals surface area contributed by atoms with Gasteiger partial charge in [-0.1, -0.05) is 39.7 Å². The van der Waals surface area contributed by atoms with Crippen molar-refractivity contribution >= 4 is 39.1 Å². The van der Waals surface area contributed by atoms with E-state index in [0.717, 1.165) is 43.0 Å². The highest BCUT2D eigenvalue weighted by molar-refractivity contribution is 9.10. The van der Waals surface area contributed by atoms with Crippen LogP contribution >= 0.6 is 27.5 Å². The molecular weight excluding hydrogens is 392 g/mol. The molecule has 24 heavy (non-hydrogen) atoms. The number of halogens is 2. The molecule has 0 radical (unpaired) electrons. The minimum atomic E-state index is -0.215. The molecule has 1 saturated heterocycles. The first-order valence-corrected chi connectivity index (χ1v) is 9.05. The molecule has 1 amide bonds. The zero-order valence-electron chi connectivity index (χ0n) is 13.1. The summed E-state index contributed by atoms with van der Waals surface area (Å²) >= 11 is 9.45. The van der Waals surface area contributed by atoms with E-state index in [2.05, 4.69) is 33.4 Å². The lowest BCUT2D eigenvalue weighted by atomic mass is 10.1. The molecular formula is C18H19BrClN2O2+. The molecule has 0 aliphatic carbocycles. The van der Waals surface area contributed by atoms with Crippen LogP contribution in [0.5, 0.6) is 0 Å². The zero-order chi connectivity index (χ0) is 16.9. The third kappa shape index (κ3) is 4.57. The van der Waals surface area contributed by atoms with Crippen molar-refractivity contribution in [3.8, 4) is 0 Å². The van der Waals surface area contributed by atoms with E-state index >= 15 is 0 Å². The fraction of sp³-hybridized carbons (Fsp3) is 0.278. The number of ether oxygens (including phenoxy) is 1. The van der Waals surface area contributed by atoms with Gasteiger partial charge in [0.15, 0.2) is 0 Å². The van der Waals surface area contributed by atoms with Gasteiger partial charge in [-0.25, -0.2) is 0 Å². The minimum Gasteiger partial charge on any atom is -0.370 e. The second-order valence-corrected chi connectivity index (χ2v) is 7.14. The maximum atomic E-state index is 12.4. The number of amides is 1. The Morgan fingerprint density at radius 1 is 1.17 bits per heavy atom. The molecule has 0 atom stereocenters. The van der Waals surface area contributed by atoms with Crippen LogP contribution in [0, 0.1) is 0 Å². The Labute approximate surface area is 154 Å². The number of benzene rings is 2. The SMILES string of the molecule is O=C(Nc1ccc(C[NH+]2CCOCC2)cc1)c1cc(Br)ccc1Cl. The number of quaternary nitrogens is 1. The highest BCUT2D eigenvalue weighted by Gasteiger charge is 2.14. The van der Waals surface area contributed by atoms with E-state index in [1.54, 1.807) is 12.1 Å². The number of rotatable bonds is 4. The van der Waals surface area contributed by atoms with Crippen molar-refractivity contribution in [2.45, 2.75) is 6.54 Å². The van der Waals surface area contributed by atoms with Crippen LogP contribution in [0.4, 0.5) is 5.69 Å². The summed E-state index contributed by atoms with van der Waals surface area (Å²) in [5.41, 5.74) is 2.47. The summed E-state index contributed by atoms with van der Waals surface area (Å²) in [6.45, 7) is 4.72. The van der Waals surface area contributed by atoms with Crippen LogP contribution in [-0.4, -0.2) is 32.2 Å². The van der Waals surface area contributed by atoms with Gasteiger partial charge in [-0.05, 0) is 30.3 Å². The summed E-state index contributed by atoms with van der Waals surface area (Å²) < 4.78 is 6.20. The number of carbonyl (C=O) groups is 1. The lowest BCUT2D eigenvalue weighted by Gasteiger charge is -2.23. The average molecular weight is 411 g/mol. The standard InChI is InChI=1S/C18H18BrClN2O2/c19-14-3-6-17(20)16(11-14)18(23)21-15-4-1-13(2-5-15)12-22-7-9-24-10-8-22/h1-6,11H,7-10,12H2,(H,21,23)/p+1. The van der Waals surface area contributed by atoms with Crippen molar-refractivity contribution in [2.75, 3.05) is 31.6 Å². The molecule has 1 heterocycles. The molecule has 0 saturated carbocycles. The van der Waals surface area contributed by atoms with E-state index in [-0.39, 0.29) is 5.91 Å². The Bertz CT molecular complexity index is 715. The summed E-state index contributed by atoms with van der Waals surface area (Å²) in [7, 11) is 0. The smallest absolute Gasteiger partial charge is 0.257 e. The van der Waals surface area contributed by atoms with Gasteiger partial charge in [-0.3, -0.25) is 4.79 Å². The molecule has 2 N–H and O–H groups in total. The normalized spacial score (nSPS) is 15.2. The maximum absolute atomic E-state index is 12.4. The van der Waals surface area contributed by atoms with Crippen LogP contribution in [0.15, 0.2) is 46.9 Å². The molecule has 1 aliphatic rings. The monoisotopic (exact) mass is 409 g/mol. The van der Waals surface area contributed by atoms with E-state index < -0.39 is 0 Å². The summed E-state index contributed by atoms with van der Waals surface area (Å²) in [5.74, 6) is -0.215. The number of hydrogen-bond donors (Lipinski definition) is 2. The van der Waals surface area contributed by atoms with Gasteiger partial charge < -0.3 is 15.0 Å². The van der Waals surface area contributed by atoms with E-state index in [1.807, 2.05) is 18.2 Å². The van der Waals surface area contributed by atoms with Crippen LogP contribution in [0.2, 0.25) is 5.02 Å². The van der Waals surface area contributed by atoms with Crippen LogP contribution in [0.3, 0.4) is 0 Å². The summed E-state index contributed by atoms with van der Waals surface area (Å²) in [6, 6.07) is 13.2. The minimum absolute atomic E-state index is 0.215. The molecule has 0 bridgehead atoms. The van der Waals surface area contributed by atoms with E-state index in [1.165, 1.54) is 10.5 Å². The third-order valence-electron chi connectivity index (χ3n) is 4.04. The number of nitrogens with one attached hydrogen (secondary N) is 2. The molecule has 6 heteroatoms. The highest BCUT2D eigenvalue weighted by atomic mass is 79.9. The molecule has 3 rings (SSSR count). The zero-order valence-corrected chi connectivity index (χ0v) is 15.5. The molecule has 0 aromatic heterocycles. The van der Waals surface area contributed by atoms with Gasteiger partial charge in [0.25, 0.3) is 5.91 Å². The van der Waals surface area contributed by atoms with Crippen molar-refractivity contribution < 1.29 is 14.4 Å². The second kappa shape index (κ2) is 8.12. The predicted octanol–water partition coefficient (Wildman–Crippen LogP) is 2.77. The van der Waals surface area contributed by atoms with Crippen molar-refractivity contribution in [1.82, 2.24) is 0 Å². The molecule has 0 unspecified atom stereocenters. The van der Waals surface area contributed by atoms with E-state index in [9.17, 15) is 4.79 Å². The molecule has 1 fully saturated rings. The number of morpholine rings is 1. The Morgan fingerprint density at radius 2 is 1.88 bits per heavy atom. The molecule has 126 valence electrons. The van der Waals surface area contributed by atoms with Gasteiger partial charge in [0.05, 0.1) is 23.8 Å². The second-order valence-electron chi connectivity index (χ2n) is 5.81. The topological polar surface area (TPSA) is 42.8 Å². The van der Waals surface area contributed by atoms with Gasteiger partial charge in [-0.15, -0.1) is 0 Å². The van der Waals surface area contributed by atoms with Crippen LogP contribution in [0.1, 0.15) is 15.9 Å². The van der Waals surface area contributed by atoms with Gasteiger partial charge in [-0.2, -0.15) is 0 Å². The van der Waals surface area contributed by atoms with Crippen LogP contribution in [-0.2, 0) is 11.3 Å². The van der Waals surface area contributed by atoms with Gasteiger partial charge in [0.1, 0.15) is 19.6 Å². The van der Waals surface area contributed by atoms with E-state index in [0.29, 0.717) is 10.6 Å². The van der Waals surface area contributed by atoms with Crippen molar-refractivity contribution in [2.24, 2.45) is 0 Å². The van der Waals surface area contributed by atoms with Crippen molar-refractivity contribution in [3.05, 3.63) is 63.1 Å². The first-order chi connectivity index (χ1) is 11.6. The van der Waals surface area contributed by atoms with Gasteiger partial charge in [0.2, 0.25) is 0 Å². The lowest BCUT2D eigenvalue weighted by Crippen LogP contribution is -3.12. The molecule has 2 aromatic carbocycles. The fourth-order valence-electron chi connectivity index (χ4n) is 2.70. The first-order valence-electron chi connectivity index (χ1n) is 7.88. The predicted molar refractivity (Wildman–Crippen MR) is 98.8 cm³/mol. The molecule has 2 aromatic rings. The number of hydrogen-bond acceptors (Lipinski definition) is 2. The summed E-state index contributed by atoms with van der Waals surface area (Å²) in [5, 5.41) is 3.32. The van der Waals surface area contributed by atoms with Gasteiger partial charge in [0, 0.05) is 15.7 Å². The van der Waals surface area contributed by atoms with Crippen LogP contribution in [0.25, 0.3) is 0 Å².